The van der Waals surface area contributed by atoms with Gasteiger partial charge in [0.05, 0.1) is 18.8 Å². The van der Waals surface area contributed by atoms with Crippen LogP contribution in [0.3, 0.4) is 0 Å². The normalized spacial score (nSPS) is 20.0. The van der Waals surface area contributed by atoms with Gasteiger partial charge in [-0.2, -0.15) is 8.42 Å². The molecule has 1 aromatic carbocycles. The maximum atomic E-state index is 12.1. The van der Waals surface area contributed by atoms with Crippen LogP contribution in [0.4, 0.5) is 5.69 Å². The van der Waals surface area contributed by atoms with E-state index in [0.717, 1.165) is 16.4 Å². The van der Waals surface area contributed by atoms with Crippen LogP contribution in [0.5, 0.6) is 0 Å². The van der Waals surface area contributed by atoms with Crippen molar-refractivity contribution in [3.8, 4) is 0 Å². The molecule has 1 aliphatic rings. The second kappa shape index (κ2) is 5.60. The van der Waals surface area contributed by atoms with Gasteiger partial charge in [0.15, 0.2) is 0 Å². The summed E-state index contributed by atoms with van der Waals surface area (Å²) in [5, 5.41) is 0. The molecule has 0 spiro atoms. The molecular weight excluding hydrogens is 334 g/mol. The van der Waals surface area contributed by atoms with Gasteiger partial charge in [-0.1, -0.05) is 15.9 Å². The smallest absolute Gasteiger partial charge is 0.264 e. The zero-order valence-electron chi connectivity index (χ0n) is 10.4. The minimum atomic E-state index is -3.50. The molecule has 1 aliphatic heterocycles. The van der Waals surface area contributed by atoms with Crippen molar-refractivity contribution < 1.29 is 17.4 Å². The van der Waals surface area contributed by atoms with Crippen LogP contribution in [-0.4, -0.2) is 33.7 Å². The van der Waals surface area contributed by atoms with E-state index in [1.165, 1.54) is 0 Å². The van der Waals surface area contributed by atoms with Gasteiger partial charge in [0, 0.05) is 16.7 Å². The molecule has 0 bridgehead atoms. The fraction of sp³-hybridized carbons (Fsp3) is 0.417. The third kappa shape index (κ3) is 3.77. The topological polar surface area (TPSA) is 63.7 Å². The van der Waals surface area contributed by atoms with Crippen LogP contribution in [0.2, 0.25) is 0 Å². The third-order valence-corrected chi connectivity index (χ3v) is 4.03. The van der Waals surface area contributed by atoms with E-state index in [0.29, 0.717) is 13.0 Å². The first-order valence-corrected chi connectivity index (χ1v) is 8.39. The summed E-state index contributed by atoms with van der Waals surface area (Å²) in [5.41, 5.74) is 0.815. The number of halogens is 1. The summed E-state index contributed by atoms with van der Waals surface area (Å²) in [6.07, 6.45) is 1.59. The molecule has 1 aromatic rings. The van der Waals surface area contributed by atoms with Gasteiger partial charge in [0.1, 0.15) is 0 Å². The van der Waals surface area contributed by atoms with Crippen molar-refractivity contribution in [3.05, 3.63) is 28.7 Å². The summed E-state index contributed by atoms with van der Waals surface area (Å²) in [4.78, 5) is 13.8. The standard InChI is InChI=1S/C12H14BrNO4S/c1-19(16,17)18-8-9-6-7-14(12(9)15)11-4-2-10(13)3-5-11/h2-5,9H,6-8H2,1H3. The Morgan fingerprint density at radius 3 is 2.58 bits per heavy atom. The second-order valence-corrected chi connectivity index (χ2v) is 7.00. The molecule has 0 saturated carbocycles. The lowest BCUT2D eigenvalue weighted by Crippen LogP contribution is -2.29. The Kier molecular flexibility index (Phi) is 4.27. The average Bonchev–Trinajstić information content (AvgIpc) is 2.68. The highest BCUT2D eigenvalue weighted by Crippen LogP contribution is 2.26. The molecule has 1 fully saturated rings. The molecule has 0 radical (unpaired) electrons. The molecule has 1 atom stereocenters. The number of carbonyl (C=O) groups excluding carboxylic acids is 1. The number of benzene rings is 1. The fourth-order valence-electron chi connectivity index (χ4n) is 1.98. The number of carbonyl (C=O) groups is 1. The van der Waals surface area contributed by atoms with Crippen molar-refractivity contribution in [1.82, 2.24) is 0 Å². The van der Waals surface area contributed by atoms with Crippen molar-refractivity contribution in [2.45, 2.75) is 6.42 Å². The van der Waals surface area contributed by atoms with E-state index in [1.54, 1.807) is 4.90 Å². The molecule has 19 heavy (non-hydrogen) atoms. The molecule has 7 heteroatoms. The molecule has 1 heterocycles. The number of nitrogens with zero attached hydrogens (tertiary/aromatic N) is 1. The molecule has 1 unspecified atom stereocenters. The lowest BCUT2D eigenvalue weighted by molar-refractivity contribution is -0.121. The summed E-state index contributed by atoms with van der Waals surface area (Å²) >= 11 is 3.34. The highest BCUT2D eigenvalue weighted by molar-refractivity contribution is 9.10. The van der Waals surface area contributed by atoms with Crippen molar-refractivity contribution >= 4 is 37.6 Å². The summed E-state index contributed by atoms with van der Waals surface area (Å²) < 4.78 is 27.5. The largest absolute Gasteiger partial charge is 0.312 e. The van der Waals surface area contributed by atoms with E-state index in [-0.39, 0.29) is 12.5 Å². The third-order valence-electron chi connectivity index (χ3n) is 2.94. The molecule has 1 saturated heterocycles. The van der Waals surface area contributed by atoms with E-state index in [4.69, 9.17) is 4.18 Å². The van der Waals surface area contributed by atoms with Gasteiger partial charge in [-0.25, -0.2) is 0 Å². The quantitative estimate of drug-likeness (QED) is 0.778. The van der Waals surface area contributed by atoms with Crippen LogP contribution in [0.1, 0.15) is 6.42 Å². The monoisotopic (exact) mass is 347 g/mol. The van der Waals surface area contributed by atoms with Gasteiger partial charge in [-0.3, -0.25) is 8.98 Å². The Bertz CT molecular complexity index is 570. The van der Waals surface area contributed by atoms with E-state index >= 15 is 0 Å². The average molecular weight is 348 g/mol. The molecule has 1 amide bonds. The maximum Gasteiger partial charge on any atom is 0.264 e. The minimum absolute atomic E-state index is 0.0787. The zero-order valence-corrected chi connectivity index (χ0v) is 12.8. The van der Waals surface area contributed by atoms with Gasteiger partial charge in [-0.15, -0.1) is 0 Å². The van der Waals surface area contributed by atoms with Gasteiger partial charge >= 0.3 is 0 Å². The van der Waals surface area contributed by atoms with E-state index in [1.807, 2.05) is 24.3 Å². The minimum Gasteiger partial charge on any atom is -0.312 e. The first-order valence-electron chi connectivity index (χ1n) is 5.78. The lowest BCUT2D eigenvalue weighted by atomic mass is 10.1. The summed E-state index contributed by atoms with van der Waals surface area (Å²) in [7, 11) is -3.50. The van der Waals surface area contributed by atoms with Crippen LogP contribution in [0.15, 0.2) is 28.7 Å². The molecule has 5 nitrogen and oxygen atoms in total. The van der Waals surface area contributed by atoms with Crippen LogP contribution < -0.4 is 4.90 Å². The van der Waals surface area contributed by atoms with Crippen LogP contribution in [0.25, 0.3) is 0 Å². The Morgan fingerprint density at radius 1 is 1.37 bits per heavy atom. The summed E-state index contributed by atoms with van der Waals surface area (Å²) in [6, 6.07) is 7.43. The van der Waals surface area contributed by atoms with Crippen molar-refractivity contribution in [2.75, 3.05) is 24.3 Å². The highest BCUT2D eigenvalue weighted by atomic mass is 79.9. The Morgan fingerprint density at radius 2 is 2.00 bits per heavy atom. The molecule has 0 aromatic heterocycles. The predicted molar refractivity (Wildman–Crippen MR) is 75.4 cm³/mol. The highest BCUT2D eigenvalue weighted by Gasteiger charge is 2.33. The first kappa shape index (κ1) is 14.5. The number of hydrogen-bond acceptors (Lipinski definition) is 4. The Labute approximate surface area is 120 Å². The summed E-state index contributed by atoms with van der Waals surface area (Å²) in [5.74, 6) is -0.482. The molecule has 2 rings (SSSR count). The molecule has 0 aliphatic carbocycles. The van der Waals surface area contributed by atoms with Crippen LogP contribution >= 0.6 is 15.9 Å². The lowest BCUT2D eigenvalue weighted by Gasteiger charge is -2.16. The fourth-order valence-corrected chi connectivity index (χ4v) is 2.65. The van der Waals surface area contributed by atoms with Gasteiger partial charge in [-0.05, 0) is 30.7 Å². The van der Waals surface area contributed by atoms with Crippen molar-refractivity contribution in [3.63, 3.8) is 0 Å². The number of hydrogen-bond donors (Lipinski definition) is 0. The second-order valence-electron chi connectivity index (χ2n) is 4.44. The predicted octanol–water partition coefficient (Wildman–Crippen LogP) is 1.78. The van der Waals surface area contributed by atoms with E-state index in [2.05, 4.69) is 15.9 Å². The summed E-state index contributed by atoms with van der Waals surface area (Å²) in [6.45, 7) is 0.503. The van der Waals surface area contributed by atoms with Gasteiger partial charge in [0.2, 0.25) is 5.91 Å². The van der Waals surface area contributed by atoms with Crippen molar-refractivity contribution in [2.24, 2.45) is 5.92 Å². The van der Waals surface area contributed by atoms with Crippen LogP contribution in [0, 0.1) is 5.92 Å². The zero-order chi connectivity index (χ0) is 14.0. The molecule has 0 N–H and O–H groups in total. The molecular formula is C12H14BrNO4S. The maximum absolute atomic E-state index is 12.1. The first-order chi connectivity index (χ1) is 8.87. The molecule has 104 valence electrons. The Balaban J connectivity index is 2.03. The van der Waals surface area contributed by atoms with Gasteiger partial charge in [0.25, 0.3) is 10.1 Å². The van der Waals surface area contributed by atoms with E-state index < -0.39 is 16.0 Å². The Hall–Kier alpha value is -0.920. The van der Waals surface area contributed by atoms with Crippen LogP contribution in [-0.2, 0) is 19.1 Å². The number of amides is 1. The number of anilines is 1. The van der Waals surface area contributed by atoms with Gasteiger partial charge < -0.3 is 4.90 Å². The van der Waals surface area contributed by atoms with Crippen molar-refractivity contribution in [1.29, 1.82) is 0 Å². The van der Waals surface area contributed by atoms with E-state index in [9.17, 15) is 13.2 Å². The number of rotatable bonds is 4. The SMILES string of the molecule is CS(=O)(=O)OCC1CCN(c2ccc(Br)cc2)C1=O.